The quantitative estimate of drug-likeness (QED) is 0.249. The van der Waals surface area contributed by atoms with Crippen molar-refractivity contribution in [2.75, 3.05) is 19.4 Å². The fourth-order valence-electron chi connectivity index (χ4n) is 5.02. The third-order valence-corrected chi connectivity index (χ3v) is 6.99. The van der Waals surface area contributed by atoms with Crippen molar-refractivity contribution < 1.29 is 19.1 Å². The Morgan fingerprint density at radius 3 is 2.41 bits per heavy atom. The number of likely N-dealkylation sites (tertiary alicyclic amines) is 1. The molecule has 1 saturated heterocycles. The number of aryl methyl sites for hydroxylation is 1. The summed E-state index contributed by atoms with van der Waals surface area (Å²) in [4.78, 5) is 40.5. The van der Waals surface area contributed by atoms with Gasteiger partial charge in [0.2, 0.25) is 5.91 Å². The molecule has 0 radical (unpaired) electrons. The number of ketones is 1. The summed E-state index contributed by atoms with van der Waals surface area (Å²) in [7, 11) is 1.31. The van der Waals surface area contributed by atoms with E-state index in [0.717, 1.165) is 24.0 Å². The second-order valence-electron chi connectivity index (χ2n) is 9.50. The normalized spacial score (nSPS) is 18.0. The maximum absolute atomic E-state index is 13.5. The minimum atomic E-state index is -0.917. The molecule has 0 bridgehead atoms. The maximum atomic E-state index is 13.5. The van der Waals surface area contributed by atoms with E-state index in [2.05, 4.69) is 0 Å². The molecule has 37 heavy (non-hydrogen) atoms. The van der Waals surface area contributed by atoms with Gasteiger partial charge in [0.05, 0.1) is 31.5 Å². The number of carbonyl (C=O) groups is 3. The van der Waals surface area contributed by atoms with E-state index in [4.69, 9.17) is 16.2 Å². The predicted octanol–water partition coefficient (Wildman–Crippen LogP) is 3.86. The third-order valence-electron chi connectivity index (χ3n) is 6.99. The number of carbonyl (C=O) groups excluding carboxylic acids is 3. The van der Waals surface area contributed by atoms with Gasteiger partial charge in [0.1, 0.15) is 0 Å². The fourth-order valence-corrected chi connectivity index (χ4v) is 5.02. The van der Waals surface area contributed by atoms with Gasteiger partial charge in [-0.05, 0) is 54.2 Å². The zero-order valence-corrected chi connectivity index (χ0v) is 21.0. The number of benzene rings is 3. The van der Waals surface area contributed by atoms with E-state index in [-0.39, 0.29) is 18.1 Å². The number of rotatable bonds is 10. The second-order valence-corrected chi connectivity index (χ2v) is 9.50. The molecule has 1 aliphatic rings. The molecular formula is C30H33N3O4. The van der Waals surface area contributed by atoms with Crippen molar-refractivity contribution in [1.82, 2.24) is 4.90 Å². The average Bonchev–Trinajstić information content (AvgIpc) is 3.23. The number of hydrogen-bond donors (Lipinski definition) is 2. The van der Waals surface area contributed by atoms with E-state index in [9.17, 15) is 14.4 Å². The second kappa shape index (κ2) is 11.8. The standard InChI is InChI=1S/C30H33N3O4/c1-37-27(34)19-24-18-26(33(30(24)36)15-7-10-20-8-3-2-4-9-20)28(32)29(35)23-13-5-11-21(16-23)22-12-6-14-25(31)17-22/h2-6,8-9,11-14,16-17,24,26,28H,7,10,15,18-19,31-32H2,1H3/t24-,26-,28?/m0/s1. The van der Waals surface area contributed by atoms with Crippen molar-refractivity contribution in [3.8, 4) is 11.1 Å². The first-order valence-corrected chi connectivity index (χ1v) is 12.5. The lowest BCUT2D eigenvalue weighted by molar-refractivity contribution is -0.144. The number of amides is 1. The molecule has 0 aromatic heterocycles. The Morgan fingerprint density at radius 2 is 1.70 bits per heavy atom. The molecule has 7 heteroatoms. The summed E-state index contributed by atoms with van der Waals surface area (Å²) in [6, 6.07) is 23.3. The van der Waals surface area contributed by atoms with Crippen LogP contribution in [0, 0.1) is 5.92 Å². The summed E-state index contributed by atoms with van der Waals surface area (Å²) < 4.78 is 4.79. The lowest BCUT2D eigenvalue weighted by Gasteiger charge is -2.29. The van der Waals surface area contributed by atoms with Gasteiger partial charge in [-0.3, -0.25) is 14.4 Å². The molecular weight excluding hydrogens is 466 g/mol. The maximum Gasteiger partial charge on any atom is 0.306 e. The Kier molecular flexibility index (Phi) is 8.36. The van der Waals surface area contributed by atoms with Gasteiger partial charge in [0.15, 0.2) is 5.78 Å². The van der Waals surface area contributed by atoms with Crippen molar-refractivity contribution in [3.63, 3.8) is 0 Å². The zero-order chi connectivity index (χ0) is 26.4. The lowest BCUT2D eigenvalue weighted by atomic mass is 9.92. The van der Waals surface area contributed by atoms with Crippen LogP contribution in [0.3, 0.4) is 0 Å². The molecule has 3 aromatic carbocycles. The topological polar surface area (TPSA) is 116 Å². The summed E-state index contributed by atoms with van der Waals surface area (Å²) in [6.07, 6.45) is 1.83. The minimum absolute atomic E-state index is 0.0210. The molecule has 3 aromatic rings. The summed E-state index contributed by atoms with van der Waals surface area (Å²) in [5, 5.41) is 0. The van der Waals surface area contributed by atoms with E-state index in [1.165, 1.54) is 12.7 Å². The number of anilines is 1. The van der Waals surface area contributed by atoms with Crippen molar-refractivity contribution in [1.29, 1.82) is 0 Å². The zero-order valence-electron chi connectivity index (χ0n) is 21.0. The first kappa shape index (κ1) is 26.1. The molecule has 0 saturated carbocycles. The van der Waals surface area contributed by atoms with Gasteiger partial charge in [-0.25, -0.2) is 0 Å². The van der Waals surface area contributed by atoms with Gasteiger partial charge in [-0.2, -0.15) is 0 Å². The molecule has 192 valence electrons. The van der Waals surface area contributed by atoms with E-state index in [1.54, 1.807) is 17.0 Å². The number of nitrogen functional groups attached to an aromatic ring is 1. The Labute approximate surface area is 217 Å². The van der Waals surface area contributed by atoms with Crippen LogP contribution in [-0.4, -0.2) is 48.3 Å². The van der Waals surface area contributed by atoms with Crippen LogP contribution in [0.4, 0.5) is 5.69 Å². The van der Waals surface area contributed by atoms with Gasteiger partial charge < -0.3 is 21.1 Å². The van der Waals surface area contributed by atoms with Gasteiger partial charge >= 0.3 is 5.97 Å². The Hall–Kier alpha value is -3.97. The highest BCUT2D eigenvalue weighted by Crippen LogP contribution is 2.31. The Morgan fingerprint density at radius 1 is 1.00 bits per heavy atom. The number of nitrogens with two attached hydrogens (primary N) is 2. The fraction of sp³-hybridized carbons (Fsp3) is 0.300. The van der Waals surface area contributed by atoms with Gasteiger partial charge in [-0.15, -0.1) is 0 Å². The van der Waals surface area contributed by atoms with Crippen molar-refractivity contribution in [2.45, 2.75) is 37.8 Å². The molecule has 7 nitrogen and oxygen atoms in total. The predicted molar refractivity (Wildman–Crippen MR) is 144 cm³/mol. The molecule has 1 heterocycles. The van der Waals surface area contributed by atoms with E-state index in [0.29, 0.717) is 24.2 Å². The molecule has 1 unspecified atom stereocenters. The highest BCUT2D eigenvalue weighted by atomic mass is 16.5. The first-order chi connectivity index (χ1) is 17.9. The third kappa shape index (κ3) is 6.24. The highest BCUT2D eigenvalue weighted by Gasteiger charge is 2.44. The largest absolute Gasteiger partial charge is 0.469 e. The summed E-state index contributed by atoms with van der Waals surface area (Å²) >= 11 is 0. The summed E-state index contributed by atoms with van der Waals surface area (Å²) in [5.74, 6) is -1.39. The molecule has 3 atom stereocenters. The molecule has 4 N–H and O–H groups in total. The van der Waals surface area contributed by atoms with Crippen LogP contribution in [0.1, 0.15) is 35.2 Å². The number of ether oxygens (including phenoxy) is 1. The van der Waals surface area contributed by atoms with Crippen LogP contribution in [0.5, 0.6) is 0 Å². The van der Waals surface area contributed by atoms with Crippen LogP contribution in [-0.2, 0) is 20.7 Å². The molecule has 0 aliphatic carbocycles. The van der Waals surface area contributed by atoms with Crippen molar-refractivity contribution >= 4 is 23.3 Å². The van der Waals surface area contributed by atoms with Crippen LogP contribution in [0.2, 0.25) is 0 Å². The SMILES string of the molecule is COC(=O)C[C@@H]1C[C@@H](C(N)C(=O)c2cccc(-c3cccc(N)c3)c2)N(CCCc2ccccc2)C1=O. The molecule has 1 fully saturated rings. The highest BCUT2D eigenvalue weighted by molar-refractivity contribution is 6.02. The summed E-state index contributed by atoms with van der Waals surface area (Å²) in [5.41, 5.74) is 16.5. The number of esters is 1. The van der Waals surface area contributed by atoms with E-state index >= 15 is 0 Å². The average molecular weight is 500 g/mol. The van der Waals surface area contributed by atoms with Crippen LogP contribution >= 0.6 is 0 Å². The number of hydrogen-bond acceptors (Lipinski definition) is 6. The van der Waals surface area contributed by atoms with Gasteiger partial charge in [0.25, 0.3) is 0 Å². The Bertz CT molecular complexity index is 1260. The van der Waals surface area contributed by atoms with Gasteiger partial charge in [0, 0.05) is 17.8 Å². The monoisotopic (exact) mass is 499 g/mol. The number of Topliss-reactive ketones (excluding diaryl/α,β-unsaturated/α-hetero) is 1. The molecule has 1 aliphatic heterocycles. The molecule has 4 rings (SSSR count). The molecule has 1 amide bonds. The van der Waals surface area contributed by atoms with Crippen LogP contribution in [0.15, 0.2) is 78.9 Å². The van der Waals surface area contributed by atoms with E-state index in [1.807, 2.05) is 66.7 Å². The summed E-state index contributed by atoms with van der Waals surface area (Å²) in [6.45, 7) is 0.459. The minimum Gasteiger partial charge on any atom is -0.469 e. The number of nitrogens with zero attached hydrogens (tertiary/aromatic N) is 1. The van der Waals surface area contributed by atoms with Crippen LogP contribution < -0.4 is 11.5 Å². The van der Waals surface area contributed by atoms with Crippen LogP contribution in [0.25, 0.3) is 11.1 Å². The Balaban J connectivity index is 1.53. The van der Waals surface area contributed by atoms with E-state index < -0.39 is 24.0 Å². The first-order valence-electron chi connectivity index (χ1n) is 12.5. The molecule has 0 spiro atoms. The number of methoxy groups -OCH3 is 1. The van der Waals surface area contributed by atoms with Crippen molar-refractivity contribution in [3.05, 3.63) is 90.0 Å². The lowest BCUT2D eigenvalue weighted by Crippen LogP contribution is -2.50. The smallest absolute Gasteiger partial charge is 0.306 e. The van der Waals surface area contributed by atoms with Gasteiger partial charge in [-0.1, -0.05) is 60.7 Å². The van der Waals surface area contributed by atoms with Crippen molar-refractivity contribution in [2.24, 2.45) is 11.7 Å².